The van der Waals surface area contributed by atoms with Gasteiger partial charge in [0.2, 0.25) is 0 Å². The number of hydrogen-bond donors (Lipinski definition) is 1. The molecule has 2 heteroatoms. The van der Waals surface area contributed by atoms with Gasteiger partial charge in [0.15, 0.2) is 0 Å². The summed E-state index contributed by atoms with van der Waals surface area (Å²) in [5.41, 5.74) is 2.67. The molecule has 0 atom stereocenters. The van der Waals surface area contributed by atoms with Crippen molar-refractivity contribution in [2.45, 2.75) is 20.8 Å². The Balaban J connectivity index is 2.35. The van der Waals surface area contributed by atoms with Crippen molar-refractivity contribution < 1.29 is 0 Å². The zero-order valence-corrected chi connectivity index (χ0v) is 11.0. The Labute approximate surface area is 99.7 Å². The van der Waals surface area contributed by atoms with Crippen LogP contribution in [0.25, 0.3) is 0 Å². The van der Waals surface area contributed by atoms with Crippen molar-refractivity contribution >= 4 is 5.69 Å². The van der Waals surface area contributed by atoms with Crippen molar-refractivity contribution in [1.82, 2.24) is 5.32 Å². The van der Waals surface area contributed by atoms with E-state index in [9.17, 15) is 0 Å². The quantitative estimate of drug-likeness (QED) is 0.742. The molecular weight excluding hydrogens is 196 g/mol. The predicted octanol–water partition coefficient (Wildman–Crippen LogP) is 2.68. The molecule has 0 aromatic heterocycles. The topological polar surface area (TPSA) is 15.3 Å². The largest absolute Gasteiger partial charge is 0.373 e. The highest BCUT2D eigenvalue weighted by molar-refractivity contribution is 5.52. The van der Waals surface area contributed by atoms with Gasteiger partial charge in [0.1, 0.15) is 0 Å². The fourth-order valence-corrected chi connectivity index (χ4v) is 1.75. The van der Waals surface area contributed by atoms with Crippen molar-refractivity contribution in [2.75, 3.05) is 31.6 Å². The molecule has 1 rings (SSSR count). The molecule has 0 saturated heterocycles. The van der Waals surface area contributed by atoms with E-state index in [2.05, 4.69) is 62.3 Å². The summed E-state index contributed by atoms with van der Waals surface area (Å²) in [5, 5.41) is 3.46. The van der Waals surface area contributed by atoms with Crippen molar-refractivity contribution in [2.24, 2.45) is 5.92 Å². The van der Waals surface area contributed by atoms with Gasteiger partial charge in [-0.1, -0.05) is 32.0 Å². The maximum atomic E-state index is 3.46. The van der Waals surface area contributed by atoms with Crippen molar-refractivity contribution in [1.29, 1.82) is 0 Å². The number of anilines is 1. The molecule has 0 saturated carbocycles. The second kappa shape index (κ2) is 6.54. The van der Waals surface area contributed by atoms with Crippen LogP contribution in [-0.2, 0) is 0 Å². The van der Waals surface area contributed by atoms with Crippen LogP contribution in [0.4, 0.5) is 5.69 Å². The van der Waals surface area contributed by atoms with Crippen LogP contribution in [0.5, 0.6) is 0 Å². The van der Waals surface area contributed by atoms with Gasteiger partial charge in [-0.2, -0.15) is 0 Å². The van der Waals surface area contributed by atoms with E-state index in [0.29, 0.717) is 0 Å². The van der Waals surface area contributed by atoms with Gasteiger partial charge in [0.25, 0.3) is 0 Å². The summed E-state index contributed by atoms with van der Waals surface area (Å²) in [6.45, 7) is 9.83. The monoisotopic (exact) mass is 220 g/mol. The number of nitrogens with one attached hydrogen (secondary N) is 1. The lowest BCUT2D eigenvalue weighted by atomic mass is 10.2. The Bertz CT molecular complexity index is 307. The molecule has 0 fully saturated rings. The first-order valence-corrected chi connectivity index (χ1v) is 6.08. The van der Waals surface area contributed by atoms with Crippen molar-refractivity contribution in [3.63, 3.8) is 0 Å². The number of benzene rings is 1. The summed E-state index contributed by atoms with van der Waals surface area (Å²) in [5.74, 6) is 0.726. The van der Waals surface area contributed by atoms with Crippen LogP contribution in [-0.4, -0.2) is 26.7 Å². The van der Waals surface area contributed by atoms with Crippen molar-refractivity contribution in [3.05, 3.63) is 29.8 Å². The summed E-state index contributed by atoms with van der Waals surface area (Å²) in [7, 11) is 2.15. The van der Waals surface area contributed by atoms with E-state index in [0.717, 1.165) is 25.6 Å². The highest BCUT2D eigenvalue weighted by atomic mass is 15.1. The molecule has 0 amide bonds. The molecule has 0 radical (unpaired) electrons. The molecule has 0 spiro atoms. The number of aryl methyl sites for hydroxylation is 1. The van der Waals surface area contributed by atoms with Gasteiger partial charge in [0, 0.05) is 25.8 Å². The lowest BCUT2D eigenvalue weighted by molar-refractivity contribution is 0.554. The SMILES string of the molecule is Cc1ccccc1N(C)CCNCC(C)C. The number of hydrogen-bond acceptors (Lipinski definition) is 2. The van der Waals surface area contributed by atoms with Gasteiger partial charge in [-0.25, -0.2) is 0 Å². The number of para-hydroxylation sites is 1. The molecule has 0 aliphatic heterocycles. The molecule has 0 heterocycles. The van der Waals surface area contributed by atoms with Crippen LogP contribution in [0.3, 0.4) is 0 Å². The van der Waals surface area contributed by atoms with Crippen LogP contribution in [0.15, 0.2) is 24.3 Å². The average Bonchev–Trinajstić information content (AvgIpc) is 2.24. The molecule has 0 aliphatic carbocycles. The normalized spacial score (nSPS) is 10.8. The van der Waals surface area contributed by atoms with Crippen molar-refractivity contribution in [3.8, 4) is 0 Å². The predicted molar refractivity (Wildman–Crippen MR) is 72.2 cm³/mol. The van der Waals surface area contributed by atoms with Crippen LogP contribution in [0.2, 0.25) is 0 Å². The molecule has 1 N–H and O–H groups in total. The minimum absolute atomic E-state index is 0.726. The summed E-state index contributed by atoms with van der Waals surface area (Å²) < 4.78 is 0. The van der Waals surface area contributed by atoms with Gasteiger partial charge in [-0.05, 0) is 31.0 Å². The van der Waals surface area contributed by atoms with Gasteiger partial charge in [-0.3, -0.25) is 0 Å². The average molecular weight is 220 g/mol. The number of nitrogens with zero attached hydrogens (tertiary/aromatic N) is 1. The van der Waals surface area contributed by atoms with E-state index < -0.39 is 0 Å². The Hall–Kier alpha value is -1.02. The third-order valence-electron chi connectivity index (χ3n) is 2.70. The zero-order valence-electron chi connectivity index (χ0n) is 11.0. The molecule has 16 heavy (non-hydrogen) atoms. The van der Waals surface area contributed by atoms with Crippen LogP contribution >= 0.6 is 0 Å². The molecule has 90 valence electrons. The van der Waals surface area contributed by atoms with Gasteiger partial charge in [0.05, 0.1) is 0 Å². The highest BCUT2D eigenvalue weighted by Gasteiger charge is 2.02. The fraction of sp³-hybridized carbons (Fsp3) is 0.571. The van der Waals surface area contributed by atoms with E-state index >= 15 is 0 Å². The summed E-state index contributed by atoms with van der Waals surface area (Å²) in [6, 6.07) is 8.52. The summed E-state index contributed by atoms with van der Waals surface area (Å²) >= 11 is 0. The summed E-state index contributed by atoms with van der Waals surface area (Å²) in [4.78, 5) is 2.31. The van der Waals surface area contributed by atoms with E-state index in [-0.39, 0.29) is 0 Å². The van der Waals surface area contributed by atoms with Crippen LogP contribution in [0.1, 0.15) is 19.4 Å². The number of rotatable bonds is 6. The standard InChI is InChI=1S/C14H24N2/c1-12(2)11-15-9-10-16(4)14-8-6-5-7-13(14)3/h5-8,12,15H,9-11H2,1-4H3. The first-order chi connectivity index (χ1) is 7.61. The molecular formula is C14H24N2. The highest BCUT2D eigenvalue weighted by Crippen LogP contribution is 2.16. The lowest BCUT2D eigenvalue weighted by Crippen LogP contribution is -2.31. The Kier molecular flexibility index (Phi) is 5.33. The minimum Gasteiger partial charge on any atom is -0.373 e. The van der Waals surface area contributed by atoms with E-state index in [1.54, 1.807) is 0 Å². The lowest BCUT2D eigenvalue weighted by Gasteiger charge is -2.21. The van der Waals surface area contributed by atoms with E-state index in [1.807, 2.05) is 0 Å². The summed E-state index contributed by atoms with van der Waals surface area (Å²) in [6.07, 6.45) is 0. The minimum atomic E-state index is 0.726. The molecule has 1 aromatic rings. The molecule has 1 aromatic carbocycles. The molecule has 0 bridgehead atoms. The Morgan fingerprint density at radius 1 is 1.25 bits per heavy atom. The van der Waals surface area contributed by atoms with E-state index in [4.69, 9.17) is 0 Å². The first-order valence-electron chi connectivity index (χ1n) is 6.08. The number of likely N-dealkylation sites (N-methyl/N-ethyl adjacent to an activating group) is 1. The van der Waals surface area contributed by atoms with E-state index in [1.165, 1.54) is 11.3 Å². The first kappa shape index (κ1) is 13.0. The molecule has 0 unspecified atom stereocenters. The Morgan fingerprint density at radius 2 is 1.94 bits per heavy atom. The maximum Gasteiger partial charge on any atom is 0.0393 e. The van der Waals surface area contributed by atoms with Crippen LogP contribution < -0.4 is 10.2 Å². The molecule has 0 aliphatic rings. The second-order valence-corrected chi connectivity index (χ2v) is 4.81. The van der Waals surface area contributed by atoms with Gasteiger partial charge >= 0.3 is 0 Å². The van der Waals surface area contributed by atoms with Crippen LogP contribution in [0, 0.1) is 12.8 Å². The Morgan fingerprint density at radius 3 is 2.56 bits per heavy atom. The maximum absolute atomic E-state index is 3.46. The smallest absolute Gasteiger partial charge is 0.0393 e. The van der Waals surface area contributed by atoms with Gasteiger partial charge in [-0.15, -0.1) is 0 Å². The second-order valence-electron chi connectivity index (χ2n) is 4.81. The third kappa shape index (κ3) is 4.23. The fourth-order valence-electron chi connectivity index (χ4n) is 1.75. The third-order valence-corrected chi connectivity index (χ3v) is 2.70. The zero-order chi connectivity index (χ0) is 12.0. The van der Waals surface area contributed by atoms with Gasteiger partial charge < -0.3 is 10.2 Å². The molecule has 2 nitrogen and oxygen atoms in total.